The van der Waals surface area contributed by atoms with Gasteiger partial charge in [0, 0.05) is 11.6 Å². The van der Waals surface area contributed by atoms with Crippen molar-refractivity contribution in [1.82, 2.24) is 5.32 Å². The maximum Gasteiger partial charge on any atom is 0.126 e. The maximum atomic E-state index is 13.8. The van der Waals surface area contributed by atoms with E-state index in [-0.39, 0.29) is 6.04 Å². The Bertz CT molecular complexity index is 601. The van der Waals surface area contributed by atoms with E-state index in [4.69, 9.17) is 4.74 Å². The Labute approximate surface area is 123 Å². The molecular formula is C17H19F2NO. The predicted molar refractivity (Wildman–Crippen MR) is 79.5 cm³/mol. The Morgan fingerprint density at radius 3 is 2.62 bits per heavy atom. The van der Waals surface area contributed by atoms with Gasteiger partial charge in [-0.05, 0) is 42.8 Å². The molecule has 0 saturated heterocycles. The smallest absolute Gasteiger partial charge is 0.126 e. The number of benzene rings is 2. The van der Waals surface area contributed by atoms with Crippen LogP contribution in [0.15, 0.2) is 42.5 Å². The summed E-state index contributed by atoms with van der Waals surface area (Å²) in [4.78, 5) is 0. The second-order valence-corrected chi connectivity index (χ2v) is 4.79. The van der Waals surface area contributed by atoms with E-state index >= 15 is 0 Å². The van der Waals surface area contributed by atoms with Crippen molar-refractivity contribution in [3.63, 3.8) is 0 Å². The maximum absolute atomic E-state index is 13.8. The first-order valence-corrected chi connectivity index (χ1v) is 6.96. The molecule has 112 valence electrons. The Balaban J connectivity index is 2.33. The van der Waals surface area contributed by atoms with Crippen molar-refractivity contribution in [1.29, 1.82) is 0 Å². The molecule has 0 heterocycles. The zero-order valence-corrected chi connectivity index (χ0v) is 12.2. The molecule has 0 fully saturated rings. The van der Waals surface area contributed by atoms with Crippen LogP contribution in [0.5, 0.6) is 5.75 Å². The molecule has 1 unspecified atom stereocenters. The van der Waals surface area contributed by atoms with Crippen LogP contribution in [0.25, 0.3) is 0 Å². The van der Waals surface area contributed by atoms with Crippen LogP contribution in [0.1, 0.15) is 24.1 Å². The minimum Gasteiger partial charge on any atom is -0.496 e. The summed E-state index contributed by atoms with van der Waals surface area (Å²) in [6, 6.07) is 11.0. The monoisotopic (exact) mass is 291 g/mol. The highest BCUT2D eigenvalue weighted by Crippen LogP contribution is 2.28. The van der Waals surface area contributed by atoms with Gasteiger partial charge in [-0.15, -0.1) is 0 Å². The van der Waals surface area contributed by atoms with E-state index < -0.39 is 11.6 Å². The molecule has 0 aliphatic heterocycles. The first-order chi connectivity index (χ1) is 10.2. The number of nitrogens with one attached hydrogen (secondary N) is 1. The van der Waals surface area contributed by atoms with Gasteiger partial charge >= 0.3 is 0 Å². The highest BCUT2D eigenvalue weighted by Gasteiger charge is 2.17. The minimum atomic E-state index is -0.429. The first kappa shape index (κ1) is 15.4. The second-order valence-electron chi connectivity index (χ2n) is 4.79. The van der Waals surface area contributed by atoms with Crippen LogP contribution in [0.2, 0.25) is 0 Å². The predicted octanol–water partition coefficient (Wildman–Crippen LogP) is 3.87. The number of para-hydroxylation sites is 1. The van der Waals surface area contributed by atoms with E-state index in [0.717, 1.165) is 30.0 Å². The van der Waals surface area contributed by atoms with E-state index in [9.17, 15) is 8.78 Å². The summed E-state index contributed by atoms with van der Waals surface area (Å²) in [6.07, 6.45) is 0.359. The first-order valence-electron chi connectivity index (χ1n) is 6.96. The fourth-order valence-corrected chi connectivity index (χ4v) is 2.41. The van der Waals surface area contributed by atoms with Crippen molar-refractivity contribution in [2.24, 2.45) is 0 Å². The number of halogens is 2. The fraction of sp³-hybridized carbons (Fsp3) is 0.294. The lowest BCUT2D eigenvalue weighted by Crippen LogP contribution is -2.24. The third kappa shape index (κ3) is 3.79. The van der Waals surface area contributed by atoms with Gasteiger partial charge < -0.3 is 10.1 Å². The van der Waals surface area contributed by atoms with Crippen molar-refractivity contribution in [2.45, 2.75) is 19.4 Å². The van der Waals surface area contributed by atoms with Gasteiger partial charge in [-0.2, -0.15) is 0 Å². The van der Waals surface area contributed by atoms with Crippen LogP contribution < -0.4 is 10.1 Å². The van der Waals surface area contributed by atoms with E-state index in [2.05, 4.69) is 5.32 Å². The van der Waals surface area contributed by atoms with Gasteiger partial charge in [0.1, 0.15) is 17.4 Å². The fourth-order valence-electron chi connectivity index (χ4n) is 2.41. The molecule has 2 nitrogen and oxygen atoms in total. The van der Waals surface area contributed by atoms with Crippen LogP contribution in [0.4, 0.5) is 8.78 Å². The normalized spacial score (nSPS) is 12.2. The average Bonchev–Trinajstić information content (AvgIpc) is 2.50. The van der Waals surface area contributed by atoms with Gasteiger partial charge in [-0.3, -0.25) is 0 Å². The van der Waals surface area contributed by atoms with Crippen molar-refractivity contribution in [2.75, 3.05) is 13.7 Å². The minimum absolute atomic E-state index is 0.137. The molecule has 0 bridgehead atoms. The average molecular weight is 291 g/mol. The van der Waals surface area contributed by atoms with Gasteiger partial charge in [0.05, 0.1) is 7.11 Å². The molecule has 0 aliphatic rings. The zero-order valence-electron chi connectivity index (χ0n) is 12.2. The van der Waals surface area contributed by atoms with Crippen LogP contribution in [0, 0.1) is 11.6 Å². The molecule has 0 amide bonds. The van der Waals surface area contributed by atoms with Gasteiger partial charge in [-0.1, -0.05) is 25.1 Å². The number of likely N-dealkylation sites (N-methyl/N-ethyl adjacent to an activating group) is 1. The number of hydrogen-bond acceptors (Lipinski definition) is 2. The van der Waals surface area contributed by atoms with E-state index in [1.54, 1.807) is 7.11 Å². The van der Waals surface area contributed by atoms with E-state index in [1.165, 1.54) is 6.07 Å². The molecule has 1 atom stereocenters. The van der Waals surface area contributed by atoms with Crippen molar-refractivity contribution >= 4 is 0 Å². The molecule has 2 rings (SSSR count). The topological polar surface area (TPSA) is 21.3 Å². The Morgan fingerprint density at radius 2 is 1.90 bits per heavy atom. The van der Waals surface area contributed by atoms with Gasteiger partial charge in [0.25, 0.3) is 0 Å². The molecule has 2 aromatic carbocycles. The highest BCUT2D eigenvalue weighted by molar-refractivity contribution is 5.37. The summed E-state index contributed by atoms with van der Waals surface area (Å²) in [5.41, 5.74) is 1.29. The number of rotatable bonds is 6. The third-order valence-corrected chi connectivity index (χ3v) is 3.40. The van der Waals surface area contributed by atoms with Crippen molar-refractivity contribution in [3.05, 3.63) is 65.2 Å². The summed E-state index contributed by atoms with van der Waals surface area (Å²) in [6.45, 7) is 2.70. The molecule has 0 spiro atoms. The molecule has 4 heteroatoms. The lowest BCUT2D eigenvalue weighted by Gasteiger charge is -2.21. The molecule has 0 saturated carbocycles. The Kier molecular flexibility index (Phi) is 5.28. The molecule has 0 radical (unpaired) electrons. The van der Waals surface area contributed by atoms with Gasteiger partial charge in [-0.25, -0.2) is 8.78 Å². The molecule has 0 aliphatic carbocycles. The van der Waals surface area contributed by atoms with Gasteiger partial charge in [0.2, 0.25) is 0 Å². The van der Waals surface area contributed by atoms with Crippen LogP contribution in [-0.4, -0.2) is 13.7 Å². The quantitative estimate of drug-likeness (QED) is 0.872. The van der Waals surface area contributed by atoms with Crippen molar-refractivity contribution in [3.8, 4) is 5.75 Å². The number of methoxy groups -OCH3 is 1. The molecule has 2 aromatic rings. The largest absolute Gasteiger partial charge is 0.496 e. The lowest BCUT2D eigenvalue weighted by atomic mass is 9.97. The van der Waals surface area contributed by atoms with Crippen LogP contribution in [0.3, 0.4) is 0 Å². The molecule has 0 aromatic heterocycles. The van der Waals surface area contributed by atoms with Crippen LogP contribution >= 0.6 is 0 Å². The summed E-state index contributed by atoms with van der Waals surface area (Å²) < 4.78 is 32.5. The molecule has 1 N–H and O–H groups in total. The van der Waals surface area contributed by atoms with E-state index in [0.29, 0.717) is 12.0 Å². The number of hydrogen-bond donors (Lipinski definition) is 1. The summed E-state index contributed by atoms with van der Waals surface area (Å²) >= 11 is 0. The third-order valence-electron chi connectivity index (χ3n) is 3.40. The lowest BCUT2D eigenvalue weighted by molar-refractivity contribution is 0.398. The molecule has 21 heavy (non-hydrogen) atoms. The summed E-state index contributed by atoms with van der Waals surface area (Å²) in [5, 5.41) is 3.30. The Morgan fingerprint density at radius 1 is 1.14 bits per heavy atom. The Hall–Kier alpha value is -1.94. The number of ether oxygens (including phenoxy) is 1. The SMILES string of the molecule is CCNC(Cc1cc(F)ccc1F)c1ccccc1OC. The summed E-state index contributed by atoms with van der Waals surface area (Å²) in [5.74, 6) is -0.0869. The van der Waals surface area contributed by atoms with Crippen molar-refractivity contribution < 1.29 is 13.5 Å². The standard InChI is InChI=1S/C17H19F2NO/c1-3-20-16(14-6-4-5-7-17(14)21-2)11-12-10-13(18)8-9-15(12)19/h4-10,16,20H,3,11H2,1-2H3. The van der Waals surface area contributed by atoms with E-state index in [1.807, 2.05) is 31.2 Å². The van der Waals surface area contributed by atoms with Crippen LogP contribution in [-0.2, 0) is 6.42 Å². The van der Waals surface area contributed by atoms with Gasteiger partial charge in [0.15, 0.2) is 0 Å². The summed E-state index contributed by atoms with van der Waals surface area (Å²) in [7, 11) is 1.60. The second kappa shape index (κ2) is 7.18. The zero-order chi connectivity index (χ0) is 15.2. The highest BCUT2D eigenvalue weighted by atomic mass is 19.1. The molecular weight excluding hydrogens is 272 g/mol.